The zero-order chi connectivity index (χ0) is 19.0. The Balaban J connectivity index is 1.64. The average Bonchev–Trinajstić information content (AvgIpc) is 3.15. The second kappa shape index (κ2) is 7.28. The van der Waals surface area contributed by atoms with Gasteiger partial charge in [-0.3, -0.25) is 10.2 Å². The van der Waals surface area contributed by atoms with Crippen molar-refractivity contribution < 1.29 is 24.6 Å². The van der Waals surface area contributed by atoms with Crippen LogP contribution in [0.3, 0.4) is 0 Å². The lowest BCUT2D eigenvalue weighted by Crippen LogP contribution is -2.61. The van der Waals surface area contributed by atoms with Gasteiger partial charge in [0.1, 0.15) is 18.6 Å². The van der Waals surface area contributed by atoms with Gasteiger partial charge < -0.3 is 24.9 Å². The summed E-state index contributed by atoms with van der Waals surface area (Å²) in [5.74, 6) is -1.32. The number of aliphatic carboxylic acids is 1. The number of hydrogen-bond acceptors (Lipinski definition) is 7. The fourth-order valence-electron chi connectivity index (χ4n) is 3.68. The molecule has 3 aliphatic heterocycles. The number of amides is 1. The van der Waals surface area contributed by atoms with Crippen molar-refractivity contribution in [2.45, 2.75) is 31.9 Å². The fraction of sp³-hybridized carbons (Fsp3) is 0.625. The van der Waals surface area contributed by atoms with Gasteiger partial charge in [-0.2, -0.15) is 0 Å². The molecule has 10 heteroatoms. The van der Waals surface area contributed by atoms with Crippen LogP contribution < -0.4 is 0 Å². The highest BCUT2D eigenvalue weighted by Gasteiger charge is 2.56. The lowest BCUT2D eigenvalue weighted by Gasteiger charge is -2.44. The van der Waals surface area contributed by atoms with Gasteiger partial charge in [-0.1, -0.05) is 5.16 Å². The van der Waals surface area contributed by atoms with Crippen LogP contribution in [0.1, 0.15) is 19.8 Å². The van der Waals surface area contributed by atoms with Crippen LogP contribution in [0.4, 0.5) is 0 Å². The summed E-state index contributed by atoms with van der Waals surface area (Å²) in [6.07, 6.45) is 0.353. The Morgan fingerprint density at radius 2 is 2.27 bits per heavy atom. The molecule has 1 amide bonds. The van der Waals surface area contributed by atoms with Crippen LogP contribution in [0.5, 0.6) is 0 Å². The standard InChI is InChI=1S/C16H22N4O5S/c1-8(21)13-10-5-11(14(16(23)24)20(10)15(13)22)26-7-12(17)19-4-3-9(6-19)18-25-2/h8,10,13,17,21H,3-7H2,1-2H3,(H,23,24)/t8-,10-,13-/m1/s1. The van der Waals surface area contributed by atoms with E-state index in [1.807, 2.05) is 4.90 Å². The number of thioether (sulfide) groups is 1. The van der Waals surface area contributed by atoms with Crippen LogP contribution in [0.15, 0.2) is 15.8 Å². The second-order valence-electron chi connectivity index (χ2n) is 6.57. The minimum atomic E-state index is -1.14. The van der Waals surface area contributed by atoms with Gasteiger partial charge >= 0.3 is 5.97 Å². The van der Waals surface area contributed by atoms with Crippen molar-refractivity contribution in [3.05, 3.63) is 10.6 Å². The minimum Gasteiger partial charge on any atom is -0.477 e. The van der Waals surface area contributed by atoms with Gasteiger partial charge in [0.25, 0.3) is 0 Å². The van der Waals surface area contributed by atoms with E-state index in [9.17, 15) is 19.8 Å². The van der Waals surface area contributed by atoms with Crippen molar-refractivity contribution in [2.75, 3.05) is 26.0 Å². The molecule has 3 heterocycles. The molecule has 0 aromatic carbocycles. The molecule has 0 aliphatic carbocycles. The number of hydrogen-bond donors (Lipinski definition) is 3. The van der Waals surface area contributed by atoms with Gasteiger partial charge in [0, 0.05) is 24.3 Å². The van der Waals surface area contributed by atoms with Crippen LogP contribution in [0.2, 0.25) is 0 Å². The van der Waals surface area contributed by atoms with Crippen molar-refractivity contribution in [3.8, 4) is 0 Å². The molecule has 142 valence electrons. The summed E-state index contributed by atoms with van der Waals surface area (Å²) in [6.45, 7) is 2.77. The van der Waals surface area contributed by atoms with E-state index in [0.717, 1.165) is 12.1 Å². The third kappa shape index (κ3) is 3.18. The number of nitrogens with zero attached hydrogens (tertiary/aromatic N) is 3. The quantitative estimate of drug-likeness (QED) is 0.261. The van der Waals surface area contributed by atoms with E-state index < -0.39 is 18.0 Å². The van der Waals surface area contributed by atoms with Gasteiger partial charge in [0.2, 0.25) is 5.91 Å². The molecule has 0 bridgehead atoms. The predicted octanol–water partition coefficient (Wildman–Crippen LogP) is 0.313. The Kier molecular flexibility index (Phi) is 5.24. The maximum Gasteiger partial charge on any atom is 0.353 e. The molecule has 3 rings (SSSR count). The van der Waals surface area contributed by atoms with Gasteiger partial charge in [-0.25, -0.2) is 4.79 Å². The summed E-state index contributed by atoms with van der Waals surface area (Å²) in [5.41, 5.74) is 0.876. The maximum absolute atomic E-state index is 12.2. The van der Waals surface area contributed by atoms with Crippen molar-refractivity contribution in [3.63, 3.8) is 0 Å². The molecular weight excluding hydrogens is 360 g/mol. The number of amidine groups is 1. The zero-order valence-electron chi connectivity index (χ0n) is 14.6. The minimum absolute atomic E-state index is 0.00208. The average molecular weight is 382 g/mol. The highest BCUT2D eigenvalue weighted by Crippen LogP contribution is 2.47. The zero-order valence-corrected chi connectivity index (χ0v) is 15.5. The van der Waals surface area contributed by atoms with Gasteiger partial charge in [-0.05, 0) is 6.92 Å². The first kappa shape index (κ1) is 18.7. The number of carbonyl (C=O) groups excluding carboxylic acids is 1. The predicted molar refractivity (Wildman–Crippen MR) is 95.9 cm³/mol. The highest BCUT2D eigenvalue weighted by molar-refractivity contribution is 8.03. The van der Waals surface area contributed by atoms with E-state index >= 15 is 0 Å². The van der Waals surface area contributed by atoms with Crippen LogP contribution >= 0.6 is 11.8 Å². The Labute approximate surface area is 155 Å². The smallest absolute Gasteiger partial charge is 0.353 e. The Morgan fingerprint density at radius 1 is 1.54 bits per heavy atom. The summed E-state index contributed by atoms with van der Waals surface area (Å²) >= 11 is 1.28. The van der Waals surface area contributed by atoms with E-state index in [-0.39, 0.29) is 17.6 Å². The van der Waals surface area contributed by atoms with Crippen LogP contribution in [0.25, 0.3) is 0 Å². The number of carboxylic acids is 1. The van der Waals surface area contributed by atoms with Crippen molar-refractivity contribution in [1.29, 1.82) is 5.41 Å². The lowest BCUT2D eigenvalue weighted by molar-refractivity contribution is -0.161. The second-order valence-corrected chi connectivity index (χ2v) is 7.64. The number of carboxylic acid groups (broad SMARTS) is 1. The first-order valence-corrected chi connectivity index (χ1v) is 9.35. The molecule has 2 saturated heterocycles. The van der Waals surface area contributed by atoms with E-state index in [2.05, 4.69) is 5.16 Å². The number of oxime groups is 1. The topological polar surface area (TPSA) is 127 Å². The number of rotatable bonds is 6. The van der Waals surface area contributed by atoms with Crippen LogP contribution in [0, 0.1) is 11.3 Å². The molecule has 3 aliphatic rings. The largest absolute Gasteiger partial charge is 0.477 e. The first-order chi connectivity index (χ1) is 12.3. The molecule has 3 N–H and O–H groups in total. The van der Waals surface area contributed by atoms with Gasteiger partial charge in [-0.15, -0.1) is 11.8 Å². The summed E-state index contributed by atoms with van der Waals surface area (Å²) in [6, 6.07) is -0.294. The Hall–Kier alpha value is -2.07. The number of carbonyl (C=O) groups is 2. The van der Waals surface area contributed by atoms with E-state index in [1.54, 1.807) is 6.92 Å². The molecule has 0 spiro atoms. The first-order valence-electron chi connectivity index (χ1n) is 8.36. The van der Waals surface area contributed by atoms with Crippen LogP contribution in [-0.2, 0) is 14.4 Å². The Bertz CT molecular complexity index is 705. The Morgan fingerprint density at radius 3 is 2.88 bits per heavy atom. The van der Waals surface area contributed by atoms with Crippen molar-refractivity contribution in [2.24, 2.45) is 11.1 Å². The molecule has 9 nitrogen and oxygen atoms in total. The summed E-state index contributed by atoms with van der Waals surface area (Å²) in [7, 11) is 1.49. The normalized spacial score (nSPS) is 27.7. The van der Waals surface area contributed by atoms with E-state index in [4.69, 9.17) is 10.2 Å². The van der Waals surface area contributed by atoms with Crippen LogP contribution in [-0.4, -0.2) is 81.5 Å². The summed E-state index contributed by atoms with van der Waals surface area (Å²) in [5, 5.41) is 31.4. The third-order valence-corrected chi connectivity index (χ3v) is 6.05. The monoisotopic (exact) mass is 382 g/mol. The lowest BCUT2D eigenvalue weighted by atomic mass is 9.83. The molecule has 0 unspecified atom stereocenters. The molecule has 0 aromatic heterocycles. The summed E-state index contributed by atoms with van der Waals surface area (Å²) < 4.78 is 0. The van der Waals surface area contributed by atoms with E-state index in [0.29, 0.717) is 36.0 Å². The third-order valence-electron chi connectivity index (χ3n) is 4.92. The van der Waals surface area contributed by atoms with Gasteiger partial charge in [0.15, 0.2) is 0 Å². The maximum atomic E-state index is 12.2. The highest BCUT2D eigenvalue weighted by atomic mass is 32.2. The molecule has 3 atom stereocenters. The van der Waals surface area contributed by atoms with Crippen molar-refractivity contribution in [1.82, 2.24) is 9.80 Å². The molecule has 0 aromatic rings. The SMILES string of the molecule is CON=C1CCN(C(=N)CSC2=C(C(=O)O)N3C(=O)[C@H]([C@@H](C)O)[C@H]3C2)C1. The fourth-order valence-corrected chi connectivity index (χ4v) is 4.79. The summed E-state index contributed by atoms with van der Waals surface area (Å²) in [4.78, 5) is 32.3. The van der Waals surface area contributed by atoms with E-state index in [1.165, 1.54) is 23.8 Å². The number of β-lactam (4-membered cyclic amide) rings is 1. The number of aliphatic hydroxyl groups is 1. The number of fused-ring (bicyclic) bond motifs is 1. The van der Waals surface area contributed by atoms with Gasteiger partial charge in [0.05, 0.1) is 36.1 Å². The molecule has 0 saturated carbocycles. The number of likely N-dealkylation sites (tertiary alicyclic amines) is 1. The molecule has 26 heavy (non-hydrogen) atoms. The number of aliphatic hydroxyl groups excluding tert-OH is 1. The molecular formula is C16H22N4O5S. The number of nitrogens with one attached hydrogen (secondary N) is 1. The van der Waals surface area contributed by atoms with Crippen molar-refractivity contribution >= 4 is 35.2 Å². The molecule has 0 radical (unpaired) electrons. The molecule has 2 fully saturated rings.